The minimum atomic E-state index is -1.01. The quantitative estimate of drug-likeness (QED) is 0.671. The molecule has 4 rings (SSSR count). The number of benzene rings is 1. The van der Waals surface area contributed by atoms with Crippen molar-refractivity contribution in [2.75, 3.05) is 11.4 Å². The number of hydrogen-bond acceptors (Lipinski definition) is 5. The fourth-order valence-corrected chi connectivity index (χ4v) is 3.39. The van der Waals surface area contributed by atoms with E-state index >= 15 is 0 Å². The molecule has 0 aliphatic carbocycles. The summed E-state index contributed by atoms with van der Waals surface area (Å²) in [5, 5.41) is 0. The predicted octanol–water partition coefficient (Wildman–Crippen LogP) is 4.43. The molecule has 0 saturated carbocycles. The fraction of sp³-hybridized carbons (Fsp3) is 0.286. The van der Waals surface area contributed by atoms with Crippen LogP contribution in [0.25, 0.3) is 0 Å². The molecule has 28 heavy (non-hydrogen) atoms. The van der Waals surface area contributed by atoms with Gasteiger partial charge in [0.2, 0.25) is 5.82 Å². The molecule has 7 heteroatoms. The van der Waals surface area contributed by atoms with E-state index in [0.717, 1.165) is 53.2 Å². The Morgan fingerprint density at radius 2 is 1.93 bits per heavy atom. The number of hydrogen-bond donors (Lipinski definition) is 0. The van der Waals surface area contributed by atoms with Crippen LogP contribution in [0.3, 0.4) is 0 Å². The molecule has 3 heterocycles. The first kappa shape index (κ1) is 18.3. The Bertz CT molecular complexity index is 1050. The summed E-state index contributed by atoms with van der Waals surface area (Å²) in [7, 11) is 0. The Labute approximate surface area is 162 Å². The molecule has 0 amide bonds. The first-order valence-electron chi connectivity index (χ1n) is 9.09. The second-order valence-electron chi connectivity index (χ2n) is 6.91. The Morgan fingerprint density at radius 3 is 2.75 bits per heavy atom. The Hall–Kier alpha value is -3.09. The van der Waals surface area contributed by atoms with Gasteiger partial charge < -0.3 is 9.64 Å². The highest BCUT2D eigenvalue weighted by Gasteiger charge is 2.22. The van der Waals surface area contributed by atoms with Crippen LogP contribution in [-0.2, 0) is 13.0 Å². The maximum absolute atomic E-state index is 13.9. The van der Waals surface area contributed by atoms with Crippen molar-refractivity contribution in [1.29, 1.82) is 0 Å². The summed E-state index contributed by atoms with van der Waals surface area (Å²) < 4.78 is 32.8. The lowest BCUT2D eigenvalue weighted by Crippen LogP contribution is -2.32. The Balaban J connectivity index is 1.62. The summed E-state index contributed by atoms with van der Waals surface area (Å²) in [6.45, 7) is 7.29. The van der Waals surface area contributed by atoms with Gasteiger partial charge in [0.1, 0.15) is 17.4 Å². The van der Waals surface area contributed by atoms with Crippen LogP contribution >= 0.6 is 0 Å². The van der Waals surface area contributed by atoms with Crippen molar-refractivity contribution in [1.82, 2.24) is 15.0 Å². The van der Waals surface area contributed by atoms with E-state index in [-0.39, 0.29) is 5.75 Å². The van der Waals surface area contributed by atoms with Gasteiger partial charge in [-0.15, -0.1) is 0 Å². The molecule has 0 spiro atoms. The highest BCUT2D eigenvalue weighted by atomic mass is 19.2. The monoisotopic (exact) mass is 382 g/mol. The number of aryl methyl sites for hydroxylation is 2. The van der Waals surface area contributed by atoms with Gasteiger partial charge in [0.15, 0.2) is 11.6 Å². The molecule has 0 N–H and O–H groups in total. The number of nitrogens with zero attached hydrogens (tertiary/aromatic N) is 4. The van der Waals surface area contributed by atoms with Crippen LogP contribution in [-0.4, -0.2) is 21.5 Å². The first-order valence-corrected chi connectivity index (χ1v) is 9.09. The lowest BCUT2D eigenvalue weighted by atomic mass is 10.0. The zero-order valence-electron chi connectivity index (χ0n) is 16.0. The first-order chi connectivity index (χ1) is 13.4. The molecular formula is C21H20F2N4O. The minimum absolute atomic E-state index is 0.160. The highest BCUT2D eigenvalue weighted by Crippen LogP contribution is 2.30. The van der Waals surface area contributed by atoms with Gasteiger partial charge in [-0.25, -0.2) is 14.4 Å². The molecule has 3 aromatic rings. The van der Waals surface area contributed by atoms with Crippen molar-refractivity contribution in [2.24, 2.45) is 0 Å². The molecule has 0 unspecified atom stereocenters. The van der Waals surface area contributed by atoms with Crippen LogP contribution in [0.4, 0.5) is 14.6 Å². The van der Waals surface area contributed by atoms with E-state index in [0.29, 0.717) is 12.3 Å². The lowest BCUT2D eigenvalue weighted by Gasteiger charge is -2.30. The topological polar surface area (TPSA) is 51.1 Å². The van der Waals surface area contributed by atoms with E-state index in [4.69, 9.17) is 4.74 Å². The second-order valence-corrected chi connectivity index (χ2v) is 6.91. The summed E-state index contributed by atoms with van der Waals surface area (Å²) in [4.78, 5) is 15.7. The molecule has 0 saturated heterocycles. The number of halogens is 2. The molecule has 144 valence electrons. The van der Waals surface area contributed by atoms with Gasteiger partial charge in [-0.3, -0.25) is 4.98 Å². The molecular weight excluding hydrogens is 362 g/mol. The standard InChI is InChI=1S/C21H20F2N4O/c1-12-13(2)25-14(3)26-21(12)27-8-7-18-15(11-27)9-16(10-24-18)28-19-6-4-5-17(22)20(19)23/h4-6,9-10H,7-8,11H2,1-3H3. The van der Waals surface area contributed by atoms with Gasteiger partial charge in [-0.2, -0.15) is 4.39 Å². The van der Waals surface area contributed by atoms with E-state index in [1.807, 2.05) is 26.8 Å². The van der Waals surface area contributed by atoms with Crippen molar-refractivity contribution in [3.63, 3.8) is 0 Å². The predicted molar refractivity (Wildman–Crippen MR) is 102 cm³/mol. The summed E-state index contributed by atoms with van der Waals surface area (Å²) >= 11 is 0. The van der Waals surface area contributed by atoms with E-state index < -0.39 is 11.6 Å². The molecule has 1 aliphatic heterocycles. The second kappa shape index (κ2) is 7.14. The number of rotatable bonds is 3. The van der Waals surface area contributed by atoms with Crippen molar-refractivity contribution in [3.05, 3.63) is 70.4 Å². The van der Waals surface area contributed by atoms with E-state index in [1.165, 1.54) is 12.1 Å². The molecule has 0 atom stereocenters. The molecule has 5 nitrogen and oxygen atoms in total. The van der Waals surface area contributed by atoms with Gasteiger partial charge in [-0.1, -0.05) is 6.07 Å². The van der Waals surface area contributed by atoms with Gasteiger partial charge in [0.25, 0.3) is 0 Å². The zero-order valence-corrected chi connectivity index (χ0v) is 16.0. The van der Waals surface area contributed by atoms with Crippen molar-refractivity contribution < 1.29 is 13.5 Å². The smallest absolute Gasteiger partial charge is 0.201 e. The fourth-order valence-electron chi connectivity index (χ4n) is 3.39. The molecule has 0 fully saturated rings. The van der Waals surface area contributed by atoms with Gasteiger partial charge >= 0.3 is 0 Å². The van der Waals surface area contributed by atoms with Crippen LogP contribution in [0.5, 0.6) is 11.5 Å². The van der Waals surface area contributed by atoms with Crippen molar-refractivity contribution in [3.8, 4) is 11.5 Å². The van der Waals surface area contributed by atoms with Crippen LogP contribution in [0, 0.1) is 32.4 Å². The van der Waals surface area contributed by atoms with E-state index in [9.17, 15) is 8.78 Å². The Morgan fingerprint density at radius 1 is 1.11 bits per heavy atom. The van der Waals surface area contributed by atoms with Gasteiger partial charge in [-0.05, 0) is 44.5 Å². The van der Waals surface area contributed by atoms with Gasteiger partial charge in [0, 0.05) is 36.5 Å². The summed E-state index contributed by atoms with van der Waals surface area (Å²) in [5.41, 5.74) is 3.97. The van der Waals surface area contributed by atoms with Crippen LogP contribution < -0.4 is 9.64 Å². The number of pyridine rings is 1. The maximum atomic E-state index is 13.9. The minimum Gasteiger partial charge on any atom is -0.453 e. The molecule has 2 aromatic heterocycles. The summed E-state index contributed by atoms with van der Waals surface area (Å²) in [6, 6.07) is 5.68. The molecule has 0 bridgehead atoms. The number of ether oxygens (including phenoxy) is 1. The van der Waals surface area contributed by atoms with E-state index in [2.05, 4.69) is 19.9 Å². The maximum Gasteiger partial charge on any atom is 0.201 e. The average Bonchev–Trinajstić information content (AvgIpc) is 2.68. The summed E-state index contributed by atoms with van der Waals surface area (Å²) in [5.74, 6) is -0.0907. The van der Waals surface area contributed by atoms with Crippen molar-refractivity contribution in [2.45, 2.75) is 33.7 Å². The molecule has 1 aliphatic rings. The van der Waals surface area contributed by atoms with Crippen LogP contribution in [0.1, 0.15) is 28.3 Å². The van der Waals surface area contributed by atoms with Crippen molar-refractivity contribution >= 4 is 5.82 Å². The summed E-state index contributed by atoms with van der Waals surface area (Å²) in [6.07, 6.45) is 2.31. The third-order valence-corrected chi connectivity index (χ3v) is 4.93. The largest absolute Gasteiger partial charge is 0.453 e. The Kier molecular flexibility index (Phi) is 4.66. The zero-order chi connectivity index (χ0) is 19.8. The number of anilines is 1. The molecule has 0 radical (unpaired) electrons. The lowest BCUT2D eigenvalue weighted by molar-refractivity contribution is 0.414. The van der Waals surface area contributed by atoms with Gasteiger partial charge in [0.05, 0.1) is 6.20 Å². The third kappa shape index (κ3) is 3.40. The van der Waals surface area contributed by atoms with Crippen LogP contribution in [0.15, 0.2) is 30.5 Å². The third-order valence-electron chi connectivity index (χ3n) is 4.93. The molecule has 1 aromatic carbocycles. The SMILES string of the molecule is Cc1nc(C)c(C)c(N2CCc3ncc(Oc4cccc(F)c4F)cc3C2)n1. The highest BCUT2D eigenvalue weighted by molar-refractivity contribution is 5.51. The van der Waals surface area contributed by atoms with Crippen LogP contribution in [0.2, 0.25) is 0 Å². The average molecular weight is 382 g/mol. The van der Waals surface area contributed by atoms with E-state index in [1.54, 1.807) is 6.20 Å². The number of aromatic nitrogens is 3. The number of fused-ring (bicyclic) bond motifs is 1. The normalized spacial score (nSPS) is 13.4.